The highest BCUT2D eigenvalue weighted by Gasteiger charge is 2.05. The molecule has 5 heteroatoms. The summed E-state index contributed by atoms with van der Waals surface area (Å²) in [6.07, 6.45) is 0. The topological polar surface area (TPSA) is 43.4 Å². The van der Waals surface area contributed by atoms with Crippen LogP contribution < -0.4 is 10.1 Å². The van der Waals surface area contributed by atoms with E-state index in [2.05, 4.69) is 28.7 Å². The van der Waals surface area contributed by atoms with Gasteiger partial charge in [-0.25, -0.2) is 4.98 Å². The van der Waals surface area contributed by atoms with Crippen LogP contribution in [0.15, 0.2) is 23.6 Å². The molecule has 1 aromatic heterocycles. The molecule has 1 aromatic carbocycles. The second-order valence-corrected chi connectivity index (χ2v) is 5.52. The minimum absolute atomic E-state index is 0.547. The highest BCUT2D eigenvalue weighted by atomic mass is 32.1. The summed E-state index contributed by atoms with van der Waals surface area (Å²) in [6, 6.07) is 6.14. The molecule has 0 aliphatic carbocycles. The predicted octanol–water partition coefficient (Wildman–Crippen LogP) is 3.40. The molecule has 0 atom stereocenters. The largest absolute Gasteiger partial charge is 0.489 e. The summed E-state index contributed by atoms with van der Waals surface area (Å²) in [4.78, 5) is 4.44. The molecule has 0 unspecified atom stereocenters. The van der Waals surface area contributed by atoms with Gasteiger partial charge in [0.25, 0.3) is 0 Å². The Morgan fingerprint density at radius 3 is 2.80 bits per heavy atom. The first-order valence-corrected chi connectivity index (χ1v) is 7.44. The summed E-state index contributed by atoms with van der Waals surface area (Å²) in [6.45, 7) is 5.90. The maximum Gasteiger partial charge on any atom is 0.142 e. The number of hydrogen-bond acceptors (Lipinski definition) is 5. The molecule has 0 radical (unpaired) electrons. The fourth-order valence-electron chi connectivity index (χ4n) is 1.78. The van der Waals surface area contributed by atoms with Crippen molar-refractivity contribution in [2.24, 2.45) is 0 Å². The van der Waals surface area contributed by atoms with E-state index in [0.717, 1.165) is 22.1 Å². The highest BCUT2D eigenvalue weighted by Crippen LogP contribution is 2.26. The summed E-state index contributed by atoms with van der Waals surface area (Å²) in [7, 11) is 1.67. The Morgan fingerprint density at radius 2 is 2.10 bits per heavy atom. The van der Waals surface area contributed by atoms with Crippen LogP contribution in [0.4, 0.5) is 5.69 Å². The van der Waals surface area contributed by atoms with Gasteiger partial charge in [-0.3, -0.25) is 0 Å². The lowest BCUT2D eigenvalue weighted by molar-refractivity contribution is 0.146. The number of hydrogen-bond donors (Lipinski definition) is 1. The Morgan fingerprint density at radius 1 is 1.25 bits per heavy atom. The van der Waals surface area contributed by atoms with Crippen molar-refractivity contribution < 1.29 is 9.47 Å². The van der Waals surface area contributed by atoms with Gasteiger partial charge in [-0.1, -0.05) is 6.07 Å². The zero-order valence-corrected chi connectivity index (χ0v) is 12.9. The van der Waals surface area contributed by atoms with Crippen molar-refractivity contribution in [3.63, 3.8) is 0 Å². The predicted molar refractivity (Wildman–Crippen MR) is 82.7 cm³/mol. The summed E-state index contributed by atoms with van der Waals surface area (Å²) in [5, 5.41) is 6.51. The summed E-state index contributed by atoms with van der Waals surface area (Å²) in [5.41, 5.74) is 3.22. The number of ether oxygens (including phenoxy) is 2. The number of methoxy groups -OCH3 is 1. The van der Waals surface area contributed by atoms with E-state index >= 15 is 0 Å². The van der Waals surface area contributed by atoms with Crippen molar-refractivity contribution in [3.05, 3.63) is 39.8 Å². The molecule has 0 aliphatic rings. The Balaban J connectivity index is 2.01. The molecule has 0 bridgehead atoms. The first kappa shape index (κ1) is 14.8. The number of aryl methyl sites for hydroxylation is 2. The van der Waals surface area contributed by atoms with Gasteiger partial charge < -0.3 is 14.8 Å². The first-order valence-electron chi connectivity index (χ1n) is 6.56. The number of anilines is 1. The van der Waals surface area contributed by atoms with Crippen LogP contribution in [0.25, 0.3) is 0 Å². The number of nitrogens with one attached hydrogen (secondary N) is 1. The molecule has 2 aromatic rings. The van der Waals surface area contributed by atoms with Crippen molar-refractivity contribution in [1.29, 1.82) is 0 Å². The van der Waals surface area contributed by atoms with Gasteiger partial charge in [0, 0.05) is 18.2 Å². The normalized spacial score (nSPS) is 10.6. The molecule has 0 saturated heterocycles. The molecule has 4 nitrogen and oxygen atoms in total. The van der Waals surface area contributed by atoms with Crippen molar-refractivity contribution in [1.82, 2.24) is 4.98 Å². The quantitative estimate of drug-likeness (QED) is 0.794. The number of thiazole rings is 1. The zero-order valence-electron chi connectivity index (χ0n) is 12.1. The molecular weight excluding hydrogens is 272 g/mol. The van der Waals surface area contributed by atoms with E-state index in [1.54, 1.807) is 18.4 Å². The molecule has 1 heterocycles. The molecule has 0 aliphatic heterocycles. The van der Waals surface area contributed by atoms with E-state index in [0.29, 0.717) is 19.8 Å². The third kappa shape index (κ3) is 4.21. The second-order valence-electron chi connectivity index (χ2n) is 4.58. The molecule has 0 spiro atoms. The van der Waals surface area contributed by atoms with Gasteiger partial charge in [-0.05, 0) is 31.5 Å². The van der Waals surface area contributed by atoms with Gasteiger partial charge >= 0.3 is 0 Å². The molecule has 108 valence electrons. The molecule has 20 heavy (non-hydrogen) atoms. The molecule has 0 amide bonds. The fraction of sp³-hybridized carbons (Fsp3) is 0.400. The lowest BCUT2D eigenvalue weighted by atomic mass is 10.2. The van der Waals surface area contributed by atoms with Gasteiger partial charge in [0.2, 0.25) is 0 Å². The van der Waals surface area contributed by atoms with Gasteiger partial charge in [0.05, 0.1) is 18.8 Å². The minimum atomic E-state index is 0.547. The van der Waals surface area contributed by atoms with Gasteiger partial charge in [-0.2, -0.15) is 0 Å². The fourth-order valence-corrected chi connectivity index (χ4v) is 2.50. The summed E-state index contributed by atoms with van der Waals surface area (Å²) < 4.78 is 10.8. The van der Waals surface area contributed by atoms with Crippen molar-refractivity contribution in [2.45, 2.75) is 20.4 Å². The monoisotopic (exact) mass is 292 g/mol. The van der Waals surface area contributed by atoms with Gasteiger partial charge in [0.1, 0.15) is 17.4 Å². The SMILES string of the molecule is COCCOc1cc(C)ccc1NCc1nc(C)cs1. The third-order valence-electron chi connectivity index (χ3n) is 2.78. The lowest BCUT2D eigenvalue weighted by Gasteiger charge is -2.13. The van der Waals surface area contributed by atoms with Gasteiger partial charge in [0.15, 0.2) is 0 Å². The first-order chi connectivity index (χ1) is 9.69. The van der Waals surface area contributed by atoms with Crippen molar-refractivity contribution >= 4 is 17.0 Å². The number of benzene rings is 1. The molecule has 0 fully saturated rings. The van der Waals surface area contributed by atoms with Crippen LogP contribution in [0.1, 0.15) is 16.3 Å². The van der Waals surface area contributed by atoms with E-state index in [-0.39, 0.29) is 0 Å². The number of rotatable bonds is 7. The van der Waals surface area contributed by atoms with Crippen molar-refractivity contribution in [2.75, 3.05) is 25.6 Å². The molecule has 0 saturated carbocycles. The van der Waals surface area contributed by atoms with Crippen molar-refractivity contribution in [3.8, 4) is 5.75 Å². The molecule has 2 rings (SSSR count). The summed E-state index contributed by atoms with van der Waals surface area (Å²) in [5.74, 6) is 0.857. The number of aromatic nitrogens is 1. The Hall–Kier alpha value is -1.59. The summed E-state index contributed by atoms with van der Waals surface area (Å²) >= 11 is 1.66. The maximum absolute atomic E-state index is 5.75. The van der Waals surface area contributed by atoms with Gasteiger partial charge in [-0.15, -0.1) is 11.3 Å². The van der Waals surface area contributed by atoms with Crippen LogP contribution in [-0.4, -0.2) is 25.3 Å². The maximum atomic E-state index is 5.75. The van der Waals surface area contributed by atoms with Crippen LogP contribution in [0.5, 0.6) is 5.75 Å². The Kier molecular flexibility index (Phi) is 5.38. The van der Waals surface area contributed by atoms with E-state index in [9.17, 15) is 0 Å². The molecular formula is C15H20N2O2S. The highest BCUT2D eigenvalue weighted by molar-refractivity contribution is 7.09. The van der Waals surface area contributed by atoms with E-state index in [1.165, 1.54) is 5.56 Å². The Bertz CT molecular complexity index is 555. The molecule has 1 N–H and O–H groups in total. The van der Waals surface area contributed by atoms with Crippen LogP contribution in [0.3, 0.4) is 0 Å². The van der Waals surface area contributed by atoms with Crippen LogP contribution in [0.2, 0.25) is 0 Å². The van der Waals surface area contributed by atoms with Crippen LogP contribution in [-0.2, 0) is 11.3 Å². The zero-order chi connectivity index (χ0) is 14.4. The van der Waals surface area contributed by atoms with E-state index in [4.69, 9.17) is 9.47 Å². The third-order valence-corrected chi connectivity index (χ3v) is 3.75. The average Bonchev–Trinajstić information content (AvgIpc) is 2.84. The average molecular weight is 292 g/mol. The number of nitrogens with zero attached hydrogens (tertiary/aromatic N) is 1. The lowest BCUT2D eigenvalue weighted by Crippen LogP contribution is -2.07. The smallest absolute Gasteiger partial charge is 0.142 e. The van der Waals surface area contributed by atoms with Crippen LogP contribution in [0, 0.1) is 13.8 Å². The Labute approximate surface area is 123 Å². The standard InChI is InChI=1S/C15H20N2O2S/c1-11-4-5-13(14(8-11)19-7-6-18-3)16-9-15-17-12(2)10-20-15/h4-5,8,10,16H,6-7,9H2,1-3H3. The minimum Gasteiger partial charge on any atom is -0.489 e. The second kappa shape index (κ2) is 7.26. The van der Waals surface area contributed by atoms with E-state index in [1.807, 2.05) is 19.1 Å². The van der Waals surface area contributed by atoms with Crippen LogP contribution >= 0.6 is 11.3 Å². The van der Waals surface area contributed by atoms with E-state index < -0.39 is 0 Å².